The first-order valence-electron chi connectivity index (χ1n) is 10.1. The van der Waals surface area contributed by atoms with Gasteiger partial charge in [0.15, 0.2) is 5.65 Å². The Morgan fingerprint density at radius 3 is 2.61 bits per heavy atom. The third-order valence-corrected chi connectivity index (χ3v) is 6.67. The highest BCUT2D eigenvalue weighted by atomic mass is 32.2. The summed E-state index contributed by atoms with van der Waals surface area (Å²) in [6, 6.07) is 3.16. The average Bonchev–Trinajstić information content (AvgIpc) is 3.34. The molecule has 33 heavy (non-hydrogen) atoms. The van der Waals surface area contributed by atoms with Gasteiger partial charge in [0.1, 0.15) is 17.0 Å². The van der Waals surface area contributed by atoms with Crippen molar-refractivity contribution in [3.8, 4) is 11.3 Å². The van der Waals surface area contributed by atoms with Crippen molar-refractivity contribution in [1.82, 2.24) is 19.5 Å². The van der Waals surface area contributed by atoms with E-state index in [1.165, 1.54) is 16.8 Å². The van der Waals surface area contributed by atoms with Gasteiger partial charge in [-0.1, -0.05) is 6.07 Å². The Morgan fingerprint density at radius 2 is 2.00 bits per heavy atom. The molecule has 3 N–H and O–H groups in total. The van der Waals surface area contributed by atoms with Crippen LogP contribution in [0.15, 0.2) is 29.2 Å². The summed E-state index contributed by atoms with van der Waals surface area (Å²) in [5.74, 6) is -5.32. The molecule has 0 amide bonds. The molecule has 1 atom stereocenters. The molecule has 1 saturated carbocycles. The van der Waals surface area contributed by atoms with Crippen LogP contribution in [0.25, 0.3) is 22.4 Å². The van der Waals surface area contributed by atoms with E-state index in [2.05, 4.69) is 19.7 Å². The van der Waals surface area contributed by atoms with Crippen LogP contribution in [-0.2, 0) is 10.0 Å². The van der Waals surface area contributed by atoms with Crippen LogP contribution in [0.4, 0.5) is 24.8 Å². The molecule has 1 fully saturated rings. The van der Waals surface area contributed by atoms with Gasteiger partial charge in [0.2, 0.25) is 16.0 Å². The van der Waals surface area contributed by atoms with Gasteiger partial charge in [-0.25, -0.2) is 31.6 Å². The number of benzene rings is 1. The Hall–Kier alpha value is -3.22. The van der Waals surface area contributed by atoms with Gasteiger partial charge in [-0.3, -0.25) is 14.1 Å². The minimum atomic E-state index is -4.03. The number of hydrogen-bond acceptors (Lipinski definition) is 7. The zero-order chi connectivity index (χ0) is 24.1. The van der Waals surface area contributed by atoms with Crippen LogP contribution < -0.4 is 16.0 Å². The van der Waals surface area contributed by atoms with Crippen molar-refractivity contribution in [2.45, 2.75) is 38.7 Å². The molecule has 9 nitrogen and oxygen atoms in total. The molecule has 1 aromatic carbocycles. The van der Waals surface area contributed by atoms with E-state index in [9.17, 15) is 26.4 Å². The maximum atomic E-state index is 14.7. The van der Waals surface area contributed by atoms with Gasteiger partial charge >= 0.3 is 0 Å². The lowest BCUT2D eigenvalue weighted by Gasteiger charge is -2.15. The predicted molar refractivity (Wildman–Crippen MR) is 117 cm³/mol. The molecule has 13 heteroatoms. The molecule has 4 rings (SSSR count). The summed E-state index contributed by atoms with van der Waals surface area (Å²) in [5, 5.41) is 0. The summed E-state index contributed by atoms with van der Waals surface area (Å²) in [6.45, 7) is 3.53. The van der Waals surface area contributed by atoms with E-state index in [0.717, 1.165) is 12.1 Å². The van der Waals surface area contributed by atoms with E-state index in [-0.39, 0.29) is 52.9 Å². The Kier molecular flexibility index (Phi) is 5.55. The van der Waals surface area contributed by atoms with Crippen LogP contribution in [-0.4, -0.2) is 39.6 Å². The Balaban J connectivity index is 1.65. The number of alkyl halides is 2. The van der Waals surface area contributed by atoms with Gasteiger partial charge in [0.05, 0.1) is 17.6 Å². The first-order valence-corrected chi connectivity index (χ1v) is 11.8. The minimum absolute atomic E-state index is 0.0288. The predicted octanol–water partition coefficient (Wildman–Crippen LogP) is 2.94. The van der Waals surface area contributed by atoms with Crippen molar-refractivity contribution in [3.05, 3.63) is 40.6 Å². The van der Waals surface area contributed by atoms with Crippen molar-refractivity contribution < 1.29 is 21.6 Å². The molecule has 1 aliphatic carbocycles. The summed E-state index contributed by atoms with van der Waals surface area (Å²) in [6.07, 6.45) is 0.794. The topological polar surface area (TPSA) is 133 Å². The van der Waals surface area contributed by atoms with Crippen molar-refractivity contribution in [1.29, 1.82) is 0 Å². The molecule has 2 heterocycles. The second-order valence-electron chi connectivity index (χ2n) is 8.23. The Labute approximate surface area is 186 Å². The number of nitrogens with one attached hydrogen (secondary N) is 1. The largest absolute Gasteiger partial charge is 0.368 e. The number of hydrogen-bond donors (Lipinski definition) is 2. The monoisotopic (exact) mass is 482 g/mol. The van der Waals surface area contributed by atoms with Crippen LogP contribution in [0.1, 0.15) is 32.7 Å². The number of sulfonamides is 1. The lowest BCUT2D eigenvalue weighted by atomic mass is 10.1. The van der Waals surface area contributed by atoms with Crippen molar-refractivity contribution in [2.24, 2.45) is 5.92 Å². The van der Waals surface area contributed by atoms with Crippen molar-refractivity contribution in [3.63, 3.8) is 0 Å². The lowest BCUT2D eigenvalue weighted by Crippen LogP contribution is -2.26. The smallest absolute Gasteiger partial charge is 0.278 e. The van der Waals surface area contributed by atoms with Crippen molar-refractivity contribution >= 4 is 32.8 Å². The third-order valence-electron chi connectivity index (χ3n) is 5.37. The zero-order valence-corrected chi connectivity index (χ0v) is 18.5. The maximum absolute atomic E-state index is 14.7. The first kappa shape index (κ1) is 23.0. The normalized spacial score (nSPS) is 17.5. The molecule has 0 saturated heterocycles. The van der Waals surface area contributed by atoms with Gasteiger partial charge in [0.25, 0.3) is 11.5 Å². The highest BCUT2D eigenvalue weighted by molar-refractivity contribution is 7.92. The van der Waals surface area contributed by atoms with E-state index in [1.807, 2.05) is 0 Å². The number of nitrogen functional groups attached to an aromatic ring is 1. The minimum Gasteiger partial charge on any atom is -0.368 e. The number of fused-ring (bicyclic) bond motifs is 1. The summed E-state index contributed by atoms with van der Waals surface area (Å²) in [4.78, 5) is 25.3. The number of rotatable bonds is 7. The molecule has 3 aromatic rings. The van der Waals surface area contributed by atoms with E-state index >= 15 is 0 Å². The fraction of sp³-hybridized carbons (Fsp3) is 0.400. The zero-order valence-electron chi connectivity index (χ0n) is 17.7. The van der Waals surface area contributed by atoms with Crippen LogP contribution >= 0.6 is 0 Å². The van der Waals surface area contributed by atoms with Crippen LogP contribution in [0, 0.1) is 11.7 Å². The molecule has 1 aliphatic rings. The molecule has 0 radical (unpaired) electrons. The Bertz CT molecular complexity index is 1410. The van der Waals surface area contributed by atoms with Crippen molar-refractivity contribution in [2.75, 3.05) is 16.2 Å². The highest BCUT2D eigenvalue weighted by Crippen LogP contribution is 2.50. The summed E-state index contributed by atoms with van der Waals surface area (Å²) >= 11 is 0. The molecule has 2 aromatic heterocycles. The van der Waals surface area contributed by atoms with E-state index < -0.39 is 39.0 Å². The molecule has 1 unspecified atom stereocenters. The van der Waals surface area contributed by atoms with Gasteiger partial charge in [-0.2, -0.15) is 4.98 Å². The molecule has 0 aliphatic heterocycles. The number of aromatic nitrogens is 4. The van der Waals surface area contributed by atoms with Gasteiger partial charge in [-0.05, 0) is 32.4 Å². The molecular weight excluding hydrogens is 461 g/mol. The quantitative estimate of drug-likeness (QED) is 0.529. The van der Waals surface area contributed by atoms with Crippen LogP contribution in [0.5, 0.6) is 0 Å². The molecular formula is C20H21F3N6O3S. The standard InChI is InChI=1S/C20H21F3N6O3S/c1-10(2)29-17-15(9-25-19(24)27-17)26-16(18(29)30)11-3-4-14(13(21)7-11)28-33(31,32)6-5-12-8-20(12,22)23/h3-4,7,9-10,12,28H,5-6,8H2,1-2H3,(H2,24,25,27). The molecule has 176 valence electrons. The summed E-state index contributed by atoms with van der Waals surface area (Å²) in [7, 11) is -4.03. The van der Waals surface area contributed by atoms with E-state index in [0.29, 0.717) is 0 Å². The van der Waals surface area contributed by atoms with Gasteiger partial charge < -0.3 is 5.73 Å². The fourth-order valence-electron chi connectivity index (χ4n) is 3.53. The SMILES string of the molecule is CC(C)n1c(=O)c(-c2ccc(NS(=O)(=O)CCC3CC3(F)F)c(F)c2)nc2cnc(N)nc21. The van der Waals surface area contributed by atoms with Crippen LogP contribution in [0.2, 0.25) is 0 Å². The van der Waals surface area contributed by atoms with Crippen LogP contribution in [0.3, 0.4) is 0 Å². The van der Waals surface area contributed by atoms with E-state index in [4.69, 9.17) is 5.73 Å². The number of nitrogens with zero attached hydrogens (tertiary/aromatic N) is 4. The third kappa shape index (κ3) is 4.63. The Morgan fingerprint density at radius 1 is 1.30 bits per heavy atom. The van der Waals surface area contributed by atoms with E-state index in [1.54, 1.807) is 13.8 Å². The number of anilines is 2. The fourth-order valence-corrected chi connectivity index (χ4v) is 4.72. The average molecular weight is 482 g/mol. The summed E-state index contributed by atoms with van der Waals surface area (Å²) < 4.78 is 68.5. The number of halogens is 3. The van der Waals surface area contributed by atoms with Gasteiger partial charge in [0, 0.05) is 23.9 Å². The number of nitrogens with two attached hydrogens (primary N) is 1. The maximum Gasteiger partial charge on any atom is 0.278 e. The first-order chi connectivity index (χ1) is 15.4. The molecule has 0 spiro atoms. The highest BCUT2D eigenvalue weighted by Gasteiger charge is 2.56. The summed E-state index contributed by atoms with van der Waals surface area (Å²) in [5.41, 5.74) is 5.28. The molecule has 0 bridgehead atoms. The van der Waals surface area contributed by atoms with Gasteiger partial charge in [-0.15, -0.1) is 0 Å². The second kappa shape index (κ2) is 7.97. The second-order valence-corrected chi connectivity index (χ2v) is 10.1. The lowest BCUT2D eigenvalue weighted by molar-refractivity contribution is 0.0983.